The Bertz CT molecular complexity index is 72.1. The van der Waals surface area contributed by atoms with Crippen LogP contribution >= 0.6 is 12.6 Å². The Balaban J connectivity index is 3.34. The molecule has 0 heterocycles. The van der Waals surface area contributed by atoms with Gasteiger partial charge in [0.2, 0.25) is 5.12 Å². The second-order valence-corrected chi connectivity index (χ2v) is 1.70. The van der Waals surface area contributed by atoms with Crippen LogP contribution in [0.3, 0.4) is 0 Å². The van der Waals surface area contributed by atoms with E-state index in [1.54, 1.807) is 6.92 Å². The fourth-order valence-corrected chi connectivity index (χ4v) is 0.357. The van der Waals surface area contributed by atoms with Crippen molar-refractivity contribution >= 4 is 17.7 Å². The highest BCUT2D eigenvalue weighted by Gasteiger charge is 2.04. The van der Waals surface area contributed by atoms with Crippen LogP contribution in [0.1, 0.15) is 13.3 Å². The molecule has 2 nitrogen and oxygen atoms in total. The number of aliphatic hydroxyl groups excluding tert-OH is 1. The van der Waals surface area contributed by atoms with Gasteiger partial charge in [-0.1, -0.05) is 6.92 Å². The zero-order valence-corrected chi connectivity index (χ0v) is 4.98. The molecule has 0 aromatic rings. The number of hydrogen-bond acceptors (Lipinski definition) is 2. The smallest absolute Gasteiger partial charge is 0.214 e. The van der Waals surface area contributed by atoms with Crippen molar-refractivity contribution in [3.63, 3.8) is 0 Å². The predicted octanol–water partition coefficient (Wildman–Crippen LogP) is 0.214. The number of thiol groups is 1. The number of rotatable bonds is 2. The summed E-state index contributed by atoms with van der Waals surface area (Å²) in [5.41, 5.74) is 0. The van der Waals surface area contributed by atoms with Crippen molar-refractivity contribution in [3.8, 4) is 0 Å². The van der Waals surface area contributed by atoms with Crippen molar-refractivity contribution in [2.75, 3.05) is 0 Å². The minimum atomic E-state index is -0.872. The number of carbonyl (C=O) groups excluding carboxylic acids is 1. The van der Waals surface area contributed by atoms with Gasteiger partial charge in [0.15, 0.2) is 0 Å². The molecule has 42 valence electrons. The summed E-state index contributed by atoms with van der Waals surface area (Å²) in [5.74, 6) is 0. The summed E-state index contributed by atoms with van der Waals surface area (Å²) in [4.78, 5) is 9.99. The van der Waals surface area contributed by atoms with Gasteiger partial charge in [-0.15, -0.1) is 12.6 Å². The standard InChI is InChI=1S/C4H8O2S/c1-2-3(5)4(6)7/h3,5H,2H2,1H3,(H,6,7). The van der Waals surface area contributed by atoms with Crippen molar-refractivity contribution in [1.29, 1.82) is 0 Å². The third-order valence-corrected chi connectivity index (χ3v) is 0.970. The van der Waals surface area contributed by atoms with Crippen LogP contribution in [0.25, 0.3) is 0 Å². The van der Waals surface area contributed by atoms with Gasteiger partial charge >= 0.3 is 0 Å². The Labute approximate surface area is 47.9 Å². The van der Waals surface area contributed by atoms with Gasteiger partial charge in [-0.25, -0.2) is 0 Å². The van der Waals surface area contributed by atoms with Crippen LogP contribution in [0.2, 0.25) is 0 Å². The molecule has 0 aliphatic rings. The molecule has 0 amide bonds. The summed E-state index contributed by atoms with van der Waals surface area (Å²) >= 11 is 3.38. The summed E-state index contributed by atoms with van der Waals surface area (Å²) < 4.78 is 0. The average Bonchev–Trinajstić information content (AvgIpc) is 1.65. The van der Waals surface area contributed by atoms with E-state index in [9.17, 15) is 4.79 Å². The molecule has 0 aliphatic heterocycles. The first-order valence-corrected chi connectivity index (χ1v) is 2.54. The minimum Gasteiger partial charge on any atom is -0.384 e. The lowest BCUT2D eigenvalue weighted by Crippen LogP contribution is -2.12. The second-order valence-electron chi connectivity index (χ2n) is 1.26. The molecule has 0 spiro atoms. The monoisotopic (exact) mass is 120 g/mol. The molecule has 0 fully saturated rings. The van der Waals surface area contributed by atoms with Crippen LogP contribution in [0.15, 0.2) is 0 Å². The zero-order valence-electron chi connectivity index (χ0n) is 4.09. The highest BCUT2D eigenvalue weighted by molar-refractivity contribution is 7.96. The molecule has 0 rings (SSSR count). The van der Waals surface area contributed by atoms with E-state index < -0.39 is 11.2 Å². The van der Waals surface area contributed by atoms with E-state index in [-0.39, 0.29) is 0 Å². The van der Waals surface area contributed by atoms with Crippen molar-refractivity contribution in [3.05, 3.63) is 0 Å². The third-order valence-electron chi connectivity index (χ3n) is 0.672. The molecule has 0 bridgehead atoms. The SMILES string of the molecule is CCC(O)C(=O)S. The molecule has 1 N–H and O–H groups in total. The van der Waals surface area contributed by atoms with Crippen molar-refractivity contribution in [2.45, 2.75) is 19.4 Å². The van der Waals surface area contributed by atoms with Gasteiger partial charge in [-0.3, -0.25) is 4.79 Å². The van der Waals surface area contributed by atoms with E-state index >= 15 is 0 Å². The highest BCUT2D eigenvalue weighted by atomic mass is 32.1. The Morgan fingerprint density at radius 2 is 2.43 bits per heavy atom. The maximum Gasteiger partial charge on any atom is 0.214 e. The summed E-state index contributed by atoms with van der Waals surface area (Å²) in [7, 11) is 0. The molecule has 1 atom stereocenters. The molecule has 0 aromatic carbocycles. The topological polar surface area (TPSA) is 37.3 Å². The zero-order chi connectivity index (χ0) is 5.86. The number of hydrogen-bond donors (Lipinski definition) is 2. The van der Waals surface area contributed by atoms with Gasteiger partial charge in [-0.2, -0.15) is 0 Å². The van der Waals surface area contributed by atoms with Gasteiger partial charge in [0.05, 0.1) is 0 Å². The first-order chi connectivity index (χ1) is 3.18. The van der Waals surface area contributed by atoms with Gasteiger partial charge in [0, 0.05) is 0 Å². The van der Waals surface area contributed by atoms with Gasteiger partial charge in [-0.05, 0) is 6.42 Å². The molecular weight excluding hydrogens is 112 g/mol. The van der Waals surface area contributed by atoms with Crippen LogP contribution in [0, 0.1) is 0 Å². The Hall–Kier alpha value is -0.0200. The van der Waals surface area contributed by atoms with Gasteiger partial charge in [0.25, 0.3) is 0 Å². The first-order valence-electron chi connectivity index (χ1n) is 2.09. The van der Waals surface area contributed by atoms with Crippen LogP contribution in [-0.4, -0.2) is 16.3 Å². The fraction of sp³-hybridized carbons (Fsp3) is 0.750. The normalized spacial score (nSPS) is 13.6. The summed E-state index contributed by atoms with van der Waals surface area (Å²) in [5, 5.41) is 8.05. The lowest BCUT2D eigenvalue weighted by Gasteiger charge is -1.96. The van der Waals surface area contributed by atoms with E-state index in [1.807, 2.05) is 0 Å². The van der Waals surface area contributed by atoms with Crippen LogP contribution in [0.4, 0.5) is 0 Å². The molecular formula is C4H8O2S. The molecule has 0 saturated carbocycles. The second kappa shape index (κ2) is 3.04. The molecule has 0 aromatic heterocycles. The third kappa shape index (κ3) is 2.65. The van der Waals surface area contributed by atoms with Crippen molar-refractivity contribution < 1.29 is 9.90 Å². The van der Waals surface area contributed by atoms with E-state index in [0.29, 0.717) is 6.42 Å². The summed E-state index contributed by atoms with van der Waals surface area (Å²) in [6, 6.07) is 0. The maximum absolute atomic E-state index is 9.99. The van der Waals surface area contributed by atoms with E-state index in [2.05, 4.69) is 12.6 Å². The Morgan fingerprint density at radius 3 is 2.43 bits per heavy atom. The maximum atomic E-state index is 9.99. The van der Waals surface area contributed by atoms with Crippen molar-refractivity contribution in [1.82, 2.24) is 0 Å². The lowest BCUT2D eigenvalue weighted by atomic mass is 10.3. The summed E-state index contributed by atoms with van der Waals surface area (Å²) in [6.45, 7) is 1.72. The van der Waals surface area contributed by atoms with Crippen LogP contribution in [-0.2, 0) is 4.79 Å². The summed E-state index contributed by atoms with van der Waals surface area (Å²) in [6.07, 6.45) is -0.425. The highest BCUT2D eigenvalue weighted by Crippen LogP contribution is 1.93. The molecule has 0 saturated heterocycles. The average molecular weight is 120 g/mol. The van der Waals surface area contributed by atoms with E-state index in [1.165, 1.54) is 0 Å². The van der Waals surface area contributed by atoms with Gasteiger partial charge < -0.3 is 5.11 Å². The lowest BCUT2D eigenvalue weighted by molar-refractivity contribution is -0.118. The van der Waals surface area contributed by atoms with Crippen molar-refractivity contribution in [2.24, 2.45) is 0 Å². The predicted molar refractivity (Wildman–Crippen MR) is 30.3 cm³/mol. The van der Waals surface area contributed by atoms with Gasteiger partial charge in [0.1, 0.15) is 6.10 Å². The van der Waals surface area contributed by atoms with E-state index in [4.69, 9.17) is 5.11 Å². The Morgan fingerprint density at radius 1 is 2.00 bits per heavy atom. The minimum absolute atomic E-state index is 0.447. The molecule has 3 heteroatoms. The fourth-order valence-electron chi connectivity index (χ4n) is 0.175. The van der Waals surface area contributed by atoms with Crippen LogP contribution in [0.5, 0.6) is 0 Å². The largest absolute Gasteiger partial charge is 0.384 e. The van der Waals surface area contributed by atoms with E-state index in [0.717, 1.165) is 0 Å². The molecule has 0 aliphatic carbocycles. The first kappa shape index (κ1) is 6.98. The quantitative estimate of drug-likeness (QED) is 0.511. The molecule has 0 radical (unpaired) electrons. The Kier molecular flexibility index (Phi) is 3.04. The number of carbonyl (C=O) groups is 1. The molecule has 1 unspecified atom stereocenters. The molecule has 7 heavy (non-hydrogen) atoms. The number of aliphatic hydroxyl groups is 1. The van der Waals surface area contributed by atoms with Crippen LogP contribution < -0.4 is 0 Å².